The lowest BCUT2D eigenvalue weighted by Crippen LogP contribution is -2.34. The molecule has 2 aromatic rings. The molecule has 3 rings (SSSR count). The summed E-state index contributed by atoms with van der Waals surface area (Å²) in [6.45, 7) is 3.73. The van der Waals surface area contributed by atoms with Crippen LogP contribution in [0, 0.1) is 12.8 Å². The number of aliphatic hydroxyl groups is 1. The van der Waals surface area contributed by atoms with Crippen LogP contribution in [0.4, 0.5) is 0 Å². The molecule has 1 fully saturated rings. The van der Waals surface area contributed by atoms with E-state index in [1.165, 1.54) is 0 Å². The first-order valence-corrected chi connectivity index (χ1v) is 7.41. The molecule has 1 aromatic heterocycles. The zero-order valence-corrected chi connectivity index (χ0v) is 12.5. The molecule has 116 valence electrons. The molecule has 0 saturated carbocycles. The van der Waals surface area contributed by atoms with Gasteiger partial charge in [-0.1, -0.05) is 11.6 Å². The number of hydrogen-bond donors (Lipinski definition) is 3. The van der Waals surface area contributed by atoms with Crippen LogP contribution in [0.3, 0.4) is 0 Å². The van der Waals surface area contributed by atoms with Gasteiger partial charge in [-0.2, -0.15) is 0 Å². The van der Waals surface area contributed by atoms with Gasteiger partial charge < -0.3 is 20.3 Å². The number of β-amino-alcohol motifs (C(OH)–C–C–N with tert-alkyl or cyclic N) is 1. The summed E-state index contributed by atoms with van der Waals surface area (Å²) in [5, 5.41) is 15.8. The molecule has 3 N–H and O–H groups in total. The SMILES string of the molecule is Cc1ccc(-n2ccnc2)c(C(=O)NCC2CNCC2O)c1. The van der Waals surface area contributed by atoms with E-state index in [1.54, 1.807) is 12.5 Å². The Labute approximate surface area is 129 Å². The molecular formula is C16H20N4O2. The average molecular weight is 300 g/mol. The van der Waals surface area contributed by atoms with Gasteiger partial charge in [-0.15, -0.1) is 0 Å². The van der Waals surface area contributed by atoms with Crippen molar-refractivity contribution in [3.8, 4) is 5.69 Å². The second-order valence-corrected chi connectivity index (χ2v) is 5.69. The number of aromatic nitrogens is 2. The summed E-state index contributed by atoms with van der Waals surface area (Å²) in [6.07, 6.45) is 4.77. The van der Waals surface area contributed by atoms with Crippen molar-refractivity contribution in [2.75, 3.05) is 19.6 Å². The average Bonchev–Trinajstić information content (AvgIpc) is 3.16. The Hall–Kier alpha value is -2.18. The Kier molecular flexibility index (Phi) is 4.22. The summed E-state index contributed by atoms with van der Waals surface area (Å²) in [6, 6.07) is 5.75. The van der Waals surface area contributed by atoms with E-state index in [1.807, 2.05) is 35.9 Å². The Morgan fingerprint density at radius 2 is 2.36 bits per heavy atom. The highest BCUT2D eigenvalue weighted by atomic mass is 16.3. The van der Waals surface area contributed by atoms with Crippen molar-refractivity contribution in [1.29, 1.82) is 0 Å². The Morgan fingerprint density at radius 1 is 1.50 bits per heavy atom. The monoisotopic (exact) mass is 300 g/mol. The Bertz CT molecular complexity index is 654. The molecule has 6 heteroatoms. The zero-order chi connectivity index (χ0) is 15.5. The number of nitrogens with one attached hydrogen (secondary N) is 2. The second kappa shape index (κ2) is 6.29. The predicted molar refractivity (Wildman–Crippen MR) is 83.0 cm³/mol. The van der Waals surface area contributed by atoms with Gasteiger partial charge in [0.25, 0.3) is 5.91 Å². The molecule has 0 spiro atoms. The van der Waals surface area contributed by atoms with Gasteiger partial charge in [0.2, 0.25) is 0 Å². The van der Waals surface area contributed by atoms with E-state index < -0.39 is 6.10 Å². The van der Waals surface area contributed by atoms with Crippen LogP contribution in [0.25, 0.3) is 5.69 Å². The van der Waals surface area contributed by atoms with Crippen LogP contribution in [0.15, 0.2) is 36.9 Å². The summed E-state index contributed by atoms with van der Waals surface area (Å²) in [5.74, 6) is -0.0723. The largest absolute Gasteiger partial charge is 0.391 e. The van der Waals surface area contributed by atoms with E-state index in [-0.39, 0.29) is 11.8 Å². The molecule has 2 unspecified atom stereocenters. The van der Waals surface area contributed by atoms with Crippen LogP contribution in [0.1, 0.15) is 15.9 Å². The lowest BCUT2D eigenvalue weighted by atomic mass is 10.1. The number of hydrogen-bond acceptors (Lipinski definition) is 4. The highest BCUT2D eigenvalue weighted by molar-refractivity contribution is 5.98. The van der Waals surface area contributed by atoms with Gasteiger partial charge in [0.15, 0.2) is 0 Å². The van der Waals surface area contributed by atoms with Gasteiger partial charge >= 0.3 is 0 Å². The highest BCUT2D eigenvalue weighted by Crippen LogP contribution is 2.17. The zero-order valence-electron chi connectivity index (χ0n) is 12.5. The normalized spacial score (nSPS) is 21.0. The van der Waals surface area contributed by atoms with Crippen LogP contribution >= 0.6 is 0 Å². The summed E-state index contributed by atoms with van der Waals surface area (Å²) in [7, 11) is 0. The molecule has 1 aliphatic heterocycles. The summed E-state index contributed by atoms with van der Waals surface area (Å²) < 4.78 is 1.82. The first kappa shape index (κ1) is 14.7. The maximum atomic E-state index is 12.5. The number of aliphatic hydroxyl groups excluding tert-OH is 1. The van der Waals surface area contributed by atoms with Crippen LogP contribution in [0.2, 0.25) is 0 Å². The molecule has 1 aromatic carbocycles. The third-order valence-electron chi connectivity index (χ3n) is 4.01. The van der Waals surface area contributed by atoms with Crippen molar-refractivity contribution in [3.63, 3.8) is 0 Å². The first-order valence-electron chi connectivity index (χ1n) is 7.41. The van der Waals surface area contributed by atoms with Crippen LogP contribution in [0.5, 0.6) is 0 Å². The van der Waals surface area contributed by atoms with Crippen LogP contribution in [-0.4, -0.2) is 46.3 Å². The fraction of sp³-hybridized carbons (Fsp3) is 0.375. The molecule has 2 heterocycles. The highest BCUT2D eigenvalue weighted by Gasteiger charge is 2.25. The first-order chi connectivity index (χ1) is 10.6. The minimum Gasteiger partial charge on any atom is -0.391 e. The summed E-state index contributed by atoms with van der Waals surface area (Å²) in [5.41, 5.74) is 2.43. The van der Waals surface area contributed by atoms with Gasteiger partial charge in [-0.3, -0.25) is 4.79 Å². The van der Waals surface area contributed by atoms with E-state index in [0.717, 1.165) is 17.8 Å². The summed E-state index contributed by atoms with van der Waals surface area (Å²) >= 11 is 0. The standard InChI is InChI=1S/C16H20N4O2/c1-11-2-3-14(20-5-4-17-10-20)13(6-11)16(22)19-8-12-7-18-9-15(12)21/h2-6,10,12,15,18,21H,7-9H2,1H3,(H,19,22). The van der Waals surface area contributed by atoms with Gasteiger partial charge in [-0.25, -0.2) is 4.98 Å². The molecule has 6 nitrogen and oxygen atoms in total. The van der Waals surface area contributed by atoms with Crippen molar-refractivity contribution in [1.82, 2.24) is 20.2 Å². The number of imidazole rings is 1. The number of aryl methyl sites for hydroxylation is 1. The lowest BCUT2D eigenvalue weighted by Gasteiger charge is -2.16. The topological polar surface area (TPSA) is 79.2 Å². The smallest absolute Gasteiger partial charge is 0.253 e. The quantitative estimate of drug-likeness (QED) is 0.768. The van der Waals surface area contributed by atoms with Crippen molar-refractivity contribution in [2.45, 2.75) is 13.0 Å². The fourth-order valence-corrected chi connectivity index (χ4v) is 2.71. The predicted octanol–water partition coefficient (Wildman–Crippen LogP) is 0.491. The van der Waals surface area contributed by atoms with E-state index >= 15 is 0 Å². The molecule has 1 amide bonds. The Balaban J connectivity index is 1.78. The number of amides is 1. The molecular weight excluding hydrogens is 280 g/mol. The van der Waals surface area contributed by atoms with Gasteiger partial charge in [-0.05, 0) is 19.1 Å². The molecule has 22 heavy (non-hydrogen) atoms. The maximum absolute atomic E-state index is 12.5. The van der Waals surface area contributed by atoms with Crippen molar-refractivity contribution >= 4 is 5.91 Å². The van der Waals surface area contributed by atoms with E-state index in [4.69, 9.17) is 0 Å². The van der Waals surface area contributed by atoms with Crippen LogP contribution in [-0.2, 0) is 0 Å². The third kappa shape index (κ3) is 3.03. The second-order valence-electron chi connectivity index (χ2n) is 5.69. The fourth-order valence-electron chi connectivity index (χ4n) is 2.71. The third-order valence-corrected chi connectivity index (χ3v) is 4.01. The van der Waals surface area contributed by atoms with Crippen molar-refractivity contribution < 1.29 is 9.90 Å². The maximum Gasteiger partial charge on any atom is 0.253 e. The lowest BCUT2D eigenvalue weighted by molar-refractivity contribution is 0.0927. The van der Waals surface area contributed by atoms with Gasteiger partial charge in [0.1, 0.15) is 0 Å². The van der Waals surface area contributed by atoms with E-state index in [2.05, 4.69) is 15.6 Å². The van der Waals surface area contributed by atoms with E-state index in [9.17, 15) is 9.90 Å². The number of nitrogens with zero attached hydrogens (tertiary/aromatic N) is 2. The van der Waals surface area contributed by atoms with Crippen molar-refractivity contribution in [2.24, 2.45) is 5.92 Å². The minimum atomic E-state index is -0.397. The van der Waals surface area contributed by atoms with Gasteiger partial charge in [0.05, 0.1) is 23.7 Å². The molecule has 0 radical (unpaired) electrons. The number of carbonyl (C=O) groups is 1. The summed E-state index contributed by atoms with van der Waals surface area (Å²) in [4.78, 5) is 16.6. The molecule has 0 aliphatic carbocycles. The number of rotatable bonds is 4. The number of benzene rings is 1. The number of carbonyl (C=O) groups excluding carboxylic acids is 1. The Morgan fingerprint density at radius 3 is 3.05 bits per heavy atom. The molecule has 1 aliphatic rings. The molecule has 2 atom stereocenters. The molecule has 1 saturated heterocycles. The minimum absolute atomic E-state index is 0.0606. The van der Waals surface area contributed by atoms with Crippen molar-refractivity contribution in [3.05, 3.63) is 48.0 Å². The molecule has 0 bridgehead atoms. The van der Waals surface area contributed by atoms with Crippen LogP contribution < -0.4 is 10.6 Å². The van der Waals surface area contributed by atoms with Gasteiger partial charge in [0, 0.05) is 37.9 Å². The van der Waals surface area contributed by atoms with E-state index in [0.29, 0.717) is 18.7 Å².